The van der Waals surface area contributed by atoms with Crippen molar-refractivity contribution >= 4 is 0 Å². The summed E-state index contributed by atoms with van der Waals surface area (Å²) in [7, 11) is 1.64. The Morgan fingerprint density at radius 1 is 1.12 bits per heavy atom. The van der Waals surface area contributed by atoms with Gasteiger partial charge in [0.25, 0.3) is 0 Å². The molecule has 2 unspecified atom stereocenters. The van der Waals surface area contributed by atoms with E-state index in [0.29, 0.717) is 37.3 Å². The Kier molecular flexibility index (Phi) is 13.4. The van der Waals surface area contributed by atoms with Crippen LogP contribution in [0.15, 0.2) is 23.7 Å². The number of nitrogens with two attached hydrogens (primary N) is 4. The quantitative estimate of drug-likeness (QED) is 0.0692. The first-order chi connectivity index (χ1) is 19.2. The zero-order valence-electron chi connectivity index (χ0n) is 23.1. The molecule has 3 aliphatic rings. The smallest absolute Gasteiger partial charge is 0.215 e. The Morgan fingerprint density at radius 2 is 1.88 bits per heavy atom. The number of hydrogen-bond donors (Lipinski definition) is 11. The third-order valence-electron chi connectivity index (χ3n) is 7.49. The molecule has 232 valence electrons. The van der Waals surface area contributed by atoms with Crippen LogP contribution < -0.4 is 38.9 Å². The molecule has 15 heteroatoms. The summed E-state index contributed by atoms with van der Waals surface area (Å²) in [6, 6.07) is -2.28. The monoisotopic (exact) mass is 575 g/mol. The molecule has 15 N–H and O–H groups in total. The zero-order chi connectivity index (χ0) is 29.2. The number of aliphatic hydroxyl groups excluding tert-OH is 4. The molecule has 1 aliphatic carbocycles. The first-order valence-corrected chi connectivity index (χ1v) is 13.9. The molecule has 0 aromatic heterocycles. The van der Waals surface area contributed by atoms with Gasteiger partial charge in [0.2, 0.25) is 6.29 Å². The van der Waals surface area contributed by atoms with E-state index >= 15 is 0 Å². The molecule has 2 aliphatic heterocycles. The van der Waals surface area contributed by atoms with E-state index in [4.69, 9.17) is 41.9 Å². The van der Waals surface area contributed by atoms with Gasteiger partial charge >= 0.3 is 0 Å². The van der Waals surface area contributed by atoms with Crippen molar-refractivity contribution in [1.29, 1.82) is 0 Å². The normalized spacial score (nSPS) is 38.6. The molecule has 1 saturated heterocycles. The first-order valence-electron chi connectivity index (χ1n) is 13.9. The molecule has 2 heterocycles. The summed E-state index contributed by atoms with van der Waals surface area (Å²) in [6.45, 7) is 2.01. The second-order valence-corrected chi connectivity index (χ2v) is 10.5. The Bertz CT molecular complexity index is 824. The Morgan fingerprint density at radius 3 is 2.55 bits per heavy atom. The second-order valence-electron chi connectivity index (χ2n) is 10.5. The molecule has 3 rings (SSSR count). The van der Waals surface area contributed by atoms with Gasteiger partial charge in [-0.2, -0.15) is 0 Å². The van der Waals surface area contributed by atoms with Gasteiger partial charge in [0.1, 0.15) is 30.2 Å². The molecule has 15 nitrogen and oxygen atoms in total. The van der Waals surface area contributed by atoms with Gasteiger partial charge in [-0.3, -0.25) is 0 Å². The minimum atomic E-state index is -1.28. The van der Waals surface area contributed by atoms with Crippen molar-refractivity contribution in [1.82, 2.24) is 16.0 Å². The largest absolute Gasteiger partial charge is 0.515 e. The van der Waals surface area contributed by atoms with E-state index in [1.165, 1.54) is 0 Å². The number of likely N-dealkylation sites (N-methyl/N-ethyl adjacent to an activating group) is 1. The molecule has 0 aromatic carbocycles. The lowest BCUT2D eigenvalue weighted by Crippen LogP contribution is -2.67. The molecular weight excluding hydrogens is 526 g/mol. The predicted molar refractivity (Wildman–Crippen MR) is 147 cm³/mol. The average molecular weight is 576 g/mol. The Balaban J connectivity index is 1.73. The lowest BCUT2D eigenvalue weighted by Gasteiger charge is -2.47. The van der Waals surface area contributed by atoms with Crippen LogP contribution in [0.4, 0.5) is 0 Å². The van der Waals surface area contributed by atoms with Gasteiger partial charge < -0.3 is 78.3 Å². The molecule has 0 spiro atoms. The van der Waals surface area contributed by atoms with Crippen molar-refractivity contribution < 1.29 is 39.4 Å². The summed E-state index contributed by atoms with van der Waals surface area (Å²) in [5.41, 5.74) is 24.3. The fourth-order valence-electron chi connectivity index (χ4n) is 5.16. The average Bonchev–Trinajstić information content (AvgIpc) is 2.95. The van der Waals surface area contributed by atoms with Gasteiger partial charge in [0.15, 0.2) is 6.29 Å². The van der Waals surface area contributed by atoms with Crippen LogP contribution in [0.2, 0.25) is 0 Å². The highest BCUT2D eigenvalue weighted by Gasteiger charge is 2.49. The van der Waals surface area contributed by atoms with Crippen LogP contribution in [-0.2, 0) is 18.9 Å². The molecule has 0 radical (unpaired) electrons. The maximum Gasteiger partial charge on any atom is 0.215 e. The summed E-state index contributed by atoms with van der Waals surface area (Å²) in [4.78, 5) is 0. The summed E-state index contributed by atoms with van der Waals surface area (Å²) in [5, 5.41) is 51.3. The third kappa shape index (κ3) is 8.54. The number of nitrogens with one attached hydrogen (secondary N) is 3. The van der Waals surface area contributed by atoms with Gasteiger partial charge in [-0.25, -0.2) is 0 Å². The summed E-state index contributed by atoms with van der Waals surface area (Å²) in [5.74, 6) is 0.676. The third-order valence-corrected chi connectivity index (χ3v) is 7.49. The van der Waals surface area contributed by atoms with Crippen molar-refractivity contribution in [3.63, 3.8) is 0 Å². The van der Waals surface area contributed by atoms with E-state index < -0.39 is 67.3 Å². The van der Waals surface area contributed by atoms with Gasteiger partial charge in [-0.05, 0) is 45.5 Å². The van der Waals surface area contributed by atoms with Gasteiger partial charge in [-0.1, -0.05) is 0 Å². The topological polar surface area (TPSA) is 258 Å². The molecule has 2 fully saturated rings. The molecule has 40 heavy (non-hydrogen) atoms. The lowest BCUT2D eigenvalue weighted by atomic mass is 9.83. The Labute approximate surface area is 235 Å². The first kappa shape index (κ1) is 33.1. The maximum absolute atomic E-state index is 11.5. The minimum absolute atomic E-state index is 0.00910. The fraction of sp³-hybridized carbons (Fsp3) is 0.840. The predicted octanol–water partition coefficient (Wildman–Crippen LogP) is -4.23. The molecule has 0 bridgehead atoms. The van der Waals surface area contributed by atoms with Crippen molar-refractivity contribution in [3.8, 4) is 0 Å². The molecule has 0 aromatic rings. The standard InChI is InChI=1S/C25H49N7O8/c1-30-19-13(11-33)12-37-25(20(19)35)40-23-18(32-9-14(34)8-27)7-17(29)22(21(23)36)39-24-16(28)4-3-15(38-24)10-31-6-2-5-26/h3,11,14,16-25,30-36H,2,4-10,12,26-29H2,1H3/b13-11-/t14?,16-,17+,18-,19+,20-,21+,22?,23+,24-,25-/m1/s1. The van der Waals surface area contributed by atoms with Crippen LogP contribution in [0.3, 0.4) is 0 Å². The fourth-order valence-corrected chi connectivity index (χ4v) is 5.16. The van der Waals surface area contributed by atoms with E-state index in [0.717, 1.165) is 19.2 Å². The van der Waals surface area contributed by atoms with Crippen LogP contribution in [0, 0.1) is 0 Å². The Hall–Kier alpha value is -1.44. The van der Waals surface area contributed by atoms with E-state index in [2.05, 4.69) is 16.0 Å². The van der Waals surface area contributed by atoms with Crippen LogP contribution >= 0.6 is 0 Å². The molecule has 1 saturated carbocycles. The molecular formula is C25H49N7O8. The summed E-state index contributed by atoms with van der Waals surface area (Å²) < 4.78 is 24.0. The van der Waals surface area contributed by atoms with Gasteiger partial charge in [0, 0.05) is 30.7 Å². The van der Waals surface area contributed by atoms with Crippen LogP contribution in [0.1, 0.15) is 19.3 Å². The number of ether oxygens (including phenoxy) is 4. The van der Waals surface area contributed by atoms with E-state index in [1.807, 2.05) is 6.08 Å². The highest BCUT2D eigenvalue weighted by Crippen LogP contribution is 2.31. The molecule has 0 amide bonds. The van der Waals surface area contributed by atoms with E-state index in [9.17, 15) is 20.4 Å². The van der Waals surface area contributed by atoms with Gasteiger partial charge in [-0.15, -0.1) is 0 Å². The van der Waals surface area contributed by atoms with Gasteiger partial charge in [0.05, 0.1) is 37.6 Å². The summed E-state index contributed by atoms with van der Waals surface area (Å²) in [6.07, 6.45) is -2.70. The number of aliphatic hydroxyl groups is 4. The van der Waals surface area contributed by atoms with E-state index in [1.54, 1.807) is 7.05 Å². The zero-order valence-corrected chi connectivity index (χ0v) is 23.1. The van der Waals surface area contributed by atoms with Crippen molar-refractivity contribution in [3.05, 3.63) is 23.7 Å². The second kappa shape index (κ2) is 16.3. The highest BCUT2D eigenvalue weighted by atomic mass is 16.7. The highest BCUT2D eigenvalue weighted by molar-refractivity contribution is 5.14. The SMILES string of the molecule is CN[C@H]1/C(=C\O)CO[C@H](O[C@H]2[C@H](NCC(O)CN)C[C@H](N)C(O[C@H]3OC(CNCCCN)=CC[C@H]3N)[C@@H]2O)[C@@H]1O. The van der Waals surface area contributed by atoms with Crippen LogP contribution in [0.5, 0.6) is 0 Å². The minimum Gasteiger partial charge on any atom is -0.515 e. The van der Waals surface area contributed by atoms with E-state index in [-0.39, 0.29) is 19.7 Å². The van der Waals surface area contributed by atoms with Crippen molar-refractivity contribution in [2.75, 3.05) is 46.4 Å². The van der Waals surface area contributed by atoms with Crippen LogP contribution in [0.25, 0.3) is 0 Å². The number of rotatable bonds is 14. The lowest BCUT2D eigenvalue weighted by molar-refractivity contribution is -0.276. The van der Waals surface area contributed by atoms with Crippen molar-refractivity contribution in [2.24, 2.45) is 22.9 Å². The molecule has 11 atom stereocenters. The summed E-state index contributed by atoms with van der Waals surface area (Å²) >= 11 is 0. The number of hydrogen-bond acceptors (Lipinski definition) is 15. The van der Waals surface area contributed by atoms with Crippen molar-refractivity contribution in [2.45, 2.75) is 86.5 Å². The van der Waals surface area contributed by atoms with Crippen LogP contribution in [-0.4, -0.2) is 134 Å². The maximum atomic E-state index is 11.5.